The first-order chi connectivity index (χ1) is 9.36. The van der Waals surface area contributed by atoms with Gasteiger partial charge >= 0.3 is 7.12 Å². The minimum absolute atomic E-state index is 0.367. The third kappa shape index (κ3) is 1.83. The van der Waals surface area contributed by atoms with Crippen molar-refractivity contribution in [2.24, 2.45) is 0 Å². The Balaban J connectivity index is 2.07. The molecule has 0 radical (unpaired) electrons. The number of benzene rings is 1. The van der Waals surface area contributed by atoms with Crippen LogP contribution in [0.4, 0.5) is 0 Å². The van der Waals surface area contributed by atoms with Gasteiger partial charge in [0.25, 0.3) is 0 Å². The summed E-state index contributed by atoms with van der Waals surface area (Å²) in [5.74, 6) is 0.745. The second-order valence-electron chi connectivity index (χ2n) is 6.11. The summed E-state index contributed by atoms with van der Waals surface area (Å²) in [6.45, 7) is 8.15. The molecule has 5 nitrogen and oxygen atoms in total. The van der Waals surface area contributed by atoms with Gasteiger partial charge in [0.15, 0.2) is 0 Å². The van der Waals surface area contributed by atoms with Crippen molar-refractivity contribution < 1.29 is 14.0 Å². The summed E-state index contributed by atoms with van der Waals surface area (Å²) in [6.07, 6.45) is 1.75. The number of H-pyrrole nitrogens is 1. The molecule has 0 unspecified atom stereocenters. The molecule has 20 heavy (non-hydrogen) atoms. The van der Waals surface area contributed by atoms with Gasteiger partial charge in [-0.3, -0.25) is 5.10 Å². The van der Waals surface area contributed by atoms with Gasteiger partial charge in [-0.15, -0.1) is 0 Å². The van der Waals surface area contributed by atoms with Crippen molar-refractivity contribution in [2.75, 3.05) is 7.11 Å². The van der Waals surface area contributed by atoms with Crippen molar-refractivity contribution >= 4 is 23.5 Å². The van der Waals surface area contributed by atoms with E-state index in [9.17, 15) is 0 Å². The minimum atomic E-state index is -0.436. The highest BCUT2D eigenvalue weighted by Crippen LogP contribution is 2.37. The SMILES string of the molecule is COc1c(B2OC(C)(C)C(C)(C)O2)ccc2[nH]ncc12. The van der Waals surface area contributed by atoms with Gasteiger partial charge in [0.2, 0.25) is 0 Å². The highest BCUT2D eigenvalue weighted by atomic mass is 16.7. The number of hydrogen-bond donors (Lipinski definition) is 1. The largest absolute Gasteiger partial charge is 0.498 e. The lowest BCUT2D eigenvalue weighted by atomic mass is 9.77. The molecule has 0 saturated carbocycles. The van der Waals surface area contributed by atoms with E-state index in [2.05, 4.69) is 10.2 Å². The van der Waals surface area contributed by atoms with Crippen LogP contribution in [0.1, 0.15) is 27.7 Å². The topological polar surface area (TPSA) is 56.4 Å². The fourth-order valence-corrected chi connectivity index (χ4v) is 2.39. The number of hydrogen-bond acceptors (Lipinski definition) is 4. The third-order valence-corrected chi connectivity index (χ3v) is 4.32. The van der Waals surface area contributed by atoms with E-state index in [1.54, 1.807) is 13.3 Å². The Bertz CT molecular complexity index is 635. The zero-order chi connectivity index (χ0) is 14.5. The predicted molar refractivity (Wildman–Crippen MR) is 78.4 cm³/mol. The molecule has 0 spiro atoms. The molecule has 1 N–H and O–H groups in total. The Labute approximate surface area is 118 Å². The van der Waals surface area contributed by atoms with Crippen molar-refractivity contribution in [3.8, 4) is 5.75 Å². The first kappa shape index (κ1) is 13.5. The normalized spacial score (nSPS) is 20.6. The summed E-state index contributed by atoms with van der Waals surface area (Å²) in [5.41, 5.74) is 1.09. The molecular weight excluding hydrogens is 255 g/mol. The van der Waals surface area contributed by atoms with Gasteiger partial charge in [0, 0.05) is 5.46 Å². The van der Waals surface area contributed by atoms with Gasteiger partial charge in [0.1, 0.15) is 5.75 Å². The van der Waals surface area contributed by atoms with Gasteiger partial charge in [-0.05, 0) is 33.8 Å². The van der Waals surface area contributed by atoms with E-state index in [0.717, 1.165) is 22.1 Å². The van der Waals surface area contributed by atoms with Crippen LogP contribution in [0.3, 0.4) is 0 Å². The van der Waals surface area contributed by atoms with Gasteiger partial charge in [-0.1, -0.05) is 6.07 Å². The number of fused-ring (bicyclic) bond motifs is 1. The van der Waals surface area contributed by atoms with E-state index in [1.807, 2.05) is 39.8 Å². The van der Waals surface area contributed by atoms with Crippen molar-refractivity contribution in [3.63, 3.8) is 0 Å². The van der Waals surface area contributed by atoms with Crippen molar-refractivity contribution in [3.05, 3.63) is 18.3 Å². The fourth-order valence-electron chi connectivity index (χ4n) is 2.39. The monoisotopic (exact) mass is 274 g/mol. The van der Waals surface area contributed by atoms with Gasteiger partial charge in [-0.2, -0.15) is 5.10 Å². The third-order valence-electron chi connectivity index (χ3n) is 4.32. The van der Waals surface area contributed by atoms with Gasteiger partial charge in [-0.25, -0.2) is 0 Å². The molecule has 1 saturated heterocycles. The Hall–Kier alpha value is -1.53. The molecule has 0 aliphatic carbocycles. The lowest BCUT2D eigenvalue weighted by Crippen LogP contribution is -2.41. The summed E-state index contributed by atoms with van der Waals surface area (Å²) in [5, 5.41) is 7.91. The molecule has 3 rings (SSSR count). The number of nitrogens with zero attached hydrogens (tertiary/aromatic N) is 1. The van der Waals surface area contributed by atoms with Crippen molar-refractivity contribution in [1.82, 2.24) is 10.2 Å². The lowest BCUT2D eigenvalue weighted by Gasteiger charge is -2.32. The smallest absolute Gasteiger partial charge is 0.496 e. The quantitative estimate of drug-likeness (QED) is 0.849. The van der Waals surface area contributed by atoms with Crippen LogP contribution in [0.25, 0.3) is 10.9 Å². The molecule has 1 aliphatic heterocycles. The number of rotatable bonds is 2. The fraction of sp³-hybridized carbons (Fsp3) is 0.500. The first-order valence-electron chi connectivity index (χ1n) is 6.71. The van der Waals surface area contributed by atoms with Crippen LogP contribution < -0.4 is 10.2 Å². The van der Waals surface area contributed by atoms with Crippen LogP contribution in [-0.4, -0.2) is 35.6 Å². The molecule has 1 aliphatic rings. The van der Waals surface area contributed by atoms with Crippen molar-refractivity contribution in [2.45, 2.75) is 38.9 Å². The summed E-state index contributed by atoms with van der Waals surface area (Å²) in [4.78, 5) is 0. The second kappa shape index (κ2) is 4.23. The maximum Gasteiger partial charge on any atom is 0.498 e. The van der Waals surface area contributed by atoms with E-state index in [1.165, 1.54) is 0 Å². The minimum Gasteiger partial charge on any atom is -0.496 e. The number of ether oxygens (including phenoxy) is 1. The molecule has 106 valence electrons. The van der Waals surface area contributed by atoms with Crippen molar-refractivity contribution in [1.29, 1.82) is 0 Å². The molecule has 0 atom stereocenters. The Kier molecular flexibility index (Phi) is 2.85. The molecular formula is C14H19BN2O3. The molecule has 0 bridgehead atoms. The summed E-state index contributed by atoms with van der Waals surface area (Å²) in [7, 11) is 1.21. The number of aromatic amines is 1. The molecule has 2 aromatic rings. The molecule has 1 aromatic carbocycles. The molecule has 1 fully saturated rings. The maximum absolute atomic E-state index is 6.09. The van der Waals surface area contributed by atoms with Crippen LogP contribution >= 0.6 is 0 Å². The van der Waals surface area contributed by atoms with E-state index in [-0.39, 0.29) is 11.2 Å². The van der Waals surface area contributed by atoms with Gasteiger partial charge in [0.05, 0.1) is 35.4 Å². The van der Waals surface area contributed by atoms with Crippen LogP contribution in [-0.2, 0) is 9.31 Å². The van der Waals surface area contributed by atoms with E-state index < -0.39 is 7.12 Å². The molecule has 1 aromatic heterocycles. The van der Waals surface area contributed by atoms with Crippen LogP contribution in [0, 0.1) is 0 Å². The molecule has 6 heteroatoms. The average molecular weight is 274 g/mol. The standard InChI is InChI=1S/C14H19BN2O3/c1-13(2)14(3,4)20-15(19-13)10-6-7-11-9(8-16-17-11)12(10)18-5/h6-8H,1-5H3,(H,16,17). The zero-order valence-electron chi connectivity index (χ0n) is 12.5. The van der Waals surface area contributed by atoms with Crippen LogP contribution in [0.2, 0.25) is 0 Å². The van der Waals surface area contributed by atoms with E-state index in [4.69, 9.17) is 14.0 Å². The van der Waals surface area contributed by atoms with Crippen LogP contribution in [0.5, 0.6) is 5.75 Å². The molecule has 2 heterocycles. The Morgan fingerprint density at radius 2 is 1.80 bits per heavy atom. The van der Waals surface area contributed by atoms with E-state index >= 15 is 0 Å². The highest BCUT2D eigenvalue weighted by Gasteiger charge is 2.52. The zero-order valence-corrected chi connectivity index (χ0v) is 12.5. The lowest BCUT2D eigenvalue weighted by molar-refractivity contribution is 0.00578. The Morgan fingerprint density at radius 3 is 2.40 bits per heavy atom. The highest BCUT2D eigenvalue weighted by molar-refractivity contribution is 6.63. The molecule has 0 amide bonds. The number of nitrogens with one attached hydrogen (secondary N) is 1. The van der Waals surface area contributed by atoms with Crippen LogP contribution in [0.15, 0.2) is 18.3 Å². The van der Waals surface area contributed by atoms with E-state index in [0.29, 0.717) is 0 Å². The first-order valence-corrected chi connectivity index (χ1v) is 6.71. The summed E-state index contributed by atoms with van der Waals surface area (Å²) >= 11 is 0. The maximum atomic E-state index is 6.09. The summed E-state index contributed by atoms with van der Waals surface area (Å²) in [6, 6.07) is 3.92. The number of aromatic nitrogens is 2. The number of methoxy groups -OCH3 is 1. The summed E-state index contributed by atoms with van der Waals surface area (Å²) < 4.78 is 17.7. The average Bonchev–Trinajstić information content (AvgIpc) is 2.91. The predicted octanol–water partition coefficient (Wildman–Crippen LogP) is 1.87. The second-order valence-corrected chi connectivity index (χ2v) is 6.11. The van der Waals surface area contributed by atoms with Gasteiger partial charge < -0.3 is 14.0 Å². The Morgan fingerprint density at radius 1 is 1.15 bits per heavy atom.